The van der Waals surface area contributed by atoms with Crippen LogP contribution in [0, 0.1) is 27.7 Å². The fourth-order valence-electron chi connectivity index (χ4n) is 7.31. The smallest absolute Gasteiger partial charge is 0.229 e. The summed E-state index contributed by atoms with van der Waals surface area (Å²) in [5, 5.41) is 32.0. The van der Waals surface area contributed by atoms with E-state index in [1.807, 2.05) is 185 Å². The minimum absolute atomic E-state index is 0.295. The molecule has 6 aromatic rings. The minimum Gasteiger partial charge on any atom is -0.378 e. The first-order valence-electron chi connectivity index (χ1n) is 18.8. The summed E-state index contributed by atoms with van der Waals surface area (Å²) in [5.41, 5.74) is 5.19. The van der Waals surface area contributed by atoms with Crippen LogP contribution in [0.5, 0.6) is 0 Å². The number of benzene rings is 6. The van der Waals surface area contributed by atoms with Gasteiger partial charge in [-0.3, -0.25) is 9.59 Å². The number of carbonyl (C=O) groups is 2. The SMILES string of the molecule is Cc1ccc(C(O)(c2ccc(C)cc2)[C@@H](Cc2ccccc2)NC(=O)CC(=O)N[C@H](Cc2ccccc2)C(O)(c2ccc(C)cc2)c2ccc(C)cc2)cc1. The molecule has 0 saturated heterocycles. The lowest BCUT2D eigenvalue weighted by atomic mass is 9.77. The maximum absolute atomic E-state index is 14.1. The van der Waals surface area contributed by atoms with Crippen LogP contribution < -0.4 is 10.6 Å². The van der Waals surface area contributed by atoms with Crippen molar-refractivity contribution in [3.05, 3.63) is 213 Å². The lowest BCUT2D eigenvalue weighted by Gasteiger charge is -2.39. The standard InChI is InChI=1S/C49H50N2O4/c1-34-15-23-40(24-16-34)48(54,41-25-17-35(2)18-26-41)44(31-38-11-7-5-8-12-38)50-46(52)33-47(53)51-45(32-39-13-9-6-10-14-39)49(55,42-27-19-36(3)20-28-42)43-29-21-37(4)22-30-43/h5-30,44-45,54-55H,31-33H2,1-4H3,(H,50,52)(H,51,53)/t44-,45-/m1/s1. The molecule has 0 aliphatic heterocycles. The van der Waals surface area contributed by atoms with Crippen molar-refractivity contribution in [2.45, 2.75) is 70.2 Å². The number of aryl methyl sites for hydroxylation is 4. The molecule has 0 saturated carbocycles. The first-order valence-corrected chi connectivity index (χ1v) is 18.8. The molecule has 0 aliphatic carbocycles. The van der Waals surface area contributed by atoms with Crippen LogP contribution in [-0.4, -0.2) is 34.1 Å². The van der Waals surface area contributed by atoms with Crippen LogP contribution >= 0.6 is 0 Å². The molecule has 2 amide bonds. The second kappa shape index (κ2) is 17.1. The van der Waals surface area contributed by atoms with Crippen LogP contribution in [0.15, 0.2) is 158 Å². The van der Waals surface area contributed by atoms with E-state index in [0.717, 1.165) is 33.4 Å². The first-order chi connectivity index (χ1) is 26.4. The Morgan fingerprint density at radius 1 is 0.436 bits per heavy atom. The van der Waals surface area contributed by atoms with Crippen molar-refractivity contribution in [1.82, 2.24) is 10.6 Å². The van der Waals surface area contributed by atoms with E-state index in [0.29, 0.717) is 35.1 Å². The van der Waals surface area contributed by atoms with Crippen molar-refractivity contribution < 1.29 is 19.8 Å². The van der Waals surface area contributed by atoms with E-state index in [9.17, 15) is 19.8 Å². The summed E-state index contributed by atoms with van der Waals surface area (Å²) in [6.45, 7) is 7.95. The molecule has 4 N–H and O–H groups in total. The van der Waals surface area contributed by atoms with Gasteiger partial charge in [0.25, 0.3) is 0 Å². The molecule has 0 heterocycles. The van der Waals surface area contributed by atoms with Crippen molar-refractivity contribution >= 4 is 11.8 Å². The van der Waals surface area contributed by atoms with Crippen molar-refractivity contribution in [1.29, 1.82) is 0 Å². The molecule has 0 aromatic heterocycles. The maximum Gasteiger partial charge on any atom is 0.229 e. The largest absolute Gasteiger partial charge is 0.378 e. The van der Waals surface area contributed by atoms with Gasteiger partial charge in [0.2, 0.25) is 11.8 Å². The molecule has 0 aliphatic rings. The Kier molecular flexibility index (Phi) is 12.1. The Hall–Kier alpha value is -5.82. The minimum atomic E-state index is -1.64. The molecule has 6 aromatic carbocycles. The highest BCUT2D eigenvalue weighted by atomic mass is 16.3. The quantitative estimate of drug-likeness (QED) is 0.0856. The fourth-order valence-corrected chi connectivity index (χ4v) is 7.31. The molecular weight excluding hydrogens is 681 g/mol. The Labute approximate surface area is 324 Å². The molecule has 0 fully saturated rings. The Balaban J connectivity index is 1.34. The molecule has 0 unspecified atom stereocenters. The van der Waals surface area contributed by atoms with E-state index in [4.69, 9.17) is 0 Å². The van der Waals surface area contributed by atoms with Gasteiger partial charge in [-0.1, -0.05) is 180 Å². The van der Waals surface area contributed by atoms with E-state index in [1.54, 1.807) is 0 Å². The van der Waals surface area contributed by atoms with E-state index in [1.165, 1.54) is 0 Å². The summed E-state index contributed by atoms with van der Waals surface area (Å²) < 4.78 is 0. The summed E-state index contributed by atoms with van der Waals surface area (Å²) in [7, 11) is 0. The monoisotopic (exact) mass is 730 g/mol. The van der Waals surface area contributed by atoms with Crippen LogP contribution in [0.1, 0.15) is 62.1 Å². The van der Waals surface area contributed by atoms with Crippen LogP contribution in [0.3, 0.4) is 0 Å². The van der Waals surface area contributed by atoms with E-state index in [2.05, 4.69) is 10.6 Å². The molecule has 6 rings (SSSR count). The molecule has 0 spiro atoms. The van der Waals surface area contributed by atoms with E-state index >= 15 is 0 Å². The average molecular weight is 731 g/mol. The molecule has 280 valence electrons. The second-order valence-corrected chi connectivity index (χ2v) is 14.8. The van der Waals surface area contributed by atoms with Gasteiger partial charge in [0.05, 0.1) is 12.1 Å². The van der Waals surface area contributed by atoms with Gasteiger partial charge in [-0.2, -0.15) is 0 Å². The predicted molar refractivity (Wildman–Crippen MR) is 219 cm³/mol. The Bertz CT molecular complexity index is 1910. The normalized spacial score (nSPS) is 12.8. The second-order valence-electron chi connectivity index (χ2n) is 14.8. The molecule has 0 radical (unpaired) electrons. The van der Waals surface area contributed by atoms with Crippen molar-refractivity contribution in [2.75, 3.05) is 0 Å². The first kappa shape index (κ1) is 38.9. The maximum atomic E-state index is 14.1. The lowest BCUT2D eigenvalue weighted by Crippen LogP contribution is -2.55. The third-order valence-corrected chi connectivity index (χ3v) is 10.5. The van der Waals surface area contributed by atoms with E-state index < -0.39 is 41.5 Å². The number of carbonyl (C=O) groups excluding carboxylic acids is 2. The number of hydrogen-bond acceptors (Lipinski definition) is 4. The van der Waals surface area contributed by atoms with Crippen molar-refractivity contribution in [2.24, 2.45) is 0 Å². The number of nitrogens with one attached hydrogen (secondary N) is 2. The van der Waals surface area contributed by atoms with E-state index in [-0.39, 0.29) is 0 Å². The van der Waals surface area contributed by atoms with Crippen LogP contribution in [0.2, 0.25) is 0 Å². The summed E-state index contributed by atoms with van der Waals surface area (Å²) in [6.07, 6.45) is 0.0691. The zero-order valence-corrected chi connectivity index (χ0v) is 32.0. The number of aliphatic hydroxyl groups is 2. The van der Waals surface area contributed by atoms with Gasteiger partial charge in [-0.05, 0) is 73.9 Å². The average Bonchev–Trinajstić information content (AvgIpc) is 3.18. The predicted octanol–water partition coefficient (Wildman–Crippen LogP) is 7.94. The van der Waals surface area contributed by atoms with Gasteiger partial charge in [0.1, 0.15) is 17.6 Å². The van der Waals surface area contributed by atoms with Crippen LogP contribution in [0.25, 0.3) is 0 Å². The summed E-state index contributed by atoms with van der Waals surface area (Å²) >= 11 is 0. The number of amides is 2. The third kappa shape index (κ3) is 9.11. The third-order valence-electron chi connectivity index (χ3n) is 10.5. The van der Waals surface area contributed by atoms with Gasteiger partial charge < -0.3 is 20.8 Å². The van der Waals surface area contributed by atoms with Gasteiger partial charge >= 0.3 is 0 Å². The van der Waals surface area contributed by atoms with Gasteiger partial charge in [0.15, 0.2) is 0 Å². The van der Waals surface area contributed by atoms with Crippen LogP contribution in [0.4, 0.5) is 0 Å². The molecular formula is C49H50N2O4. The fraction of sp³-hybridized carbons (Fsp3) is 0.224. The highest BCUT2D eigenvalue weighted by Gasteiger charge is 2.43. The molecule has 55 heavy (non-hydrogen) atoms. The van der Waals surface area contributed by atoms with Crippen molar-refractivity contribution in [3.63, 3.8) is 0 Å². The van der Waals surface area contributed by atoms with Crippen molar-refractivity contribution in [3.8, 4) is 0 Å². The van der Waals surface area contributed by atoms with Gasteiger partial charge in [0, 0.05) is 0 Å². The lowest BCUT2D eigenvalue weighted by molar-refractivity contribution is -0.132. The number of hydrogen-bond donors (Lipinski definition) is 4. The van der Waals surface area contributed by atoms with Gasteiger partial charge in [-0.15, -0.1) is 0 Å². The topological polar surface area (TPSA) is 98.7 Å². The summed E-state index contributed by atoms with van der Waals surface area (Å²) in [5.74, 6) is -1.10. The van der Waals surface area contributed by atoms with Crippen LogP contribution in [-0.2, 0) is 33.6 Å². The molecule has 6 nitrogen and oxygen atoms in total. The molecule has 2 atom stereocenters. The number of rotatable bonds is 14. The zero-order valence-electron chi connectivity index (χ0n) is 32.0. The summed E-state index contributed by atoms with van der Waals surface area (Å²) in [4.78, 5) is 28.3. The molecule has 6 heteroatoms. The highest BCUT2D eigenvalue weighted by Crippen LogP contribution is 2.37. The Morgan fingerprint density at radius 2 is 0.691 bits per heavy atom. The van der Waals surface area contributed by atoms with Gasteiger partial charge in [-0.25, -0.2) is 0 Å². The zero-order chi connectivity index (χ0) is 39.0. The molecule has 0 bridgehead atoms. The Morgan fingerprint density at radius 3 is 0.945 bits per heavy atom. The highest BCUT2D eigenvalue weighted by molar-refractivity contribution is 5.97. The summed E-state index contributed by atoms with van der Waals surface area (Å²) in [6, 6.07) is 48.3.